The zero-order valence-corrected chi connectivity index (χ0v) is 28.6. The number of unbranched alkanes of at least 4 members (excludes halogenated alkanes) is 23. The molecule has 8 heteroatoms. The van der Waals surface area contributed by atoms with Crippen LogP contribution in [0.5, 0.6) is 0 Å². The number of esters is 1. The SMILES string of the molecule is CCCCCCCCCCCCCCCC(=O)OCC(O)C(O)C(O)C(O)C(=O)NCCCCCCCCCCCCCC. The number of aliphatic hydroxyl groups is 4. The number of ether oxygens (including phenoxy) is 1. The molecule has 5 N–H and O–H groups in total. The van der Waals surface area contributed by atoms with Gasteiger partial charge in [0, 0.05) is 13.0 Å². The van der Waals surface area contributed by atoms with E-state index in [9.17, 15) is 30.0 Å². The lowest BCUT2D eigenvalue weighted by Crippen LogP contribution is -2.52. The Morgan fingerprint density at radius 2 is 0.886 bits per heavy atom. The third-order valence-corrected chi connectivity index (χ3v) is 8.57. The largest absolute Gasteiger partial charge is 0.463 e. The van der Waals surface area contributed by atoms with Gasteiger partial charge in [0.2, 0.25) is 0 Å². The van der Waals surface area contributed by atoms with Crippen LogP contribution in [0.3, 0.4) is 0 Å². The van der Waals surface area contributed by atoms with Gasteiger partial charge < -0.3 is 30.5 Å². The third-order valence-electron chi connectivity index (χ3n) is 8.57. The molecule has 0 aromatic rings. The molecule has 4 unspecified atom stereocenters. The fourth-order valence-corrected chi connectivity index (χ4v) is 5.49. The summed E-state index contributed by atoms with van der Waals surface area (Å²) in [4.78, 5) is 24.2. The average Bonchev–Trinajstić information content (AvgIpc) is 3.03. The van der Waals surface area contributed by atoms with Crippen molar-refractivity contribution in [3.63, 3.8) is 0 Å². The van der Waals surface area contributed by atoms with Crippen molar-refractivity contribution in [2.45, 2.75) is 205 Å². The van der Waals surface area contributed by atoms with Gasteiger partial charge in [-0.05, 0) is 12.8 Å². The van der Waals surface area contributed by atoms with Crippen LogP contribution in [-0.2, 0) is 14.3 Å². The quantitative estimate of drug-likeness (QED) is 0.0380. The Balaban J connectivity index is 3.78. The molecule has 0 aliphatic heterocycles. The van der Waals surface area contributed by atoms with Gasteiger partial charge in [0.15, 0.2) is 6.10 Å². The van der Waals surface area contributed by atoms with Crippen LogP contribution in [-0.4, -0.2) is 69.9 Å². The minimum Gasteiger partial charge on any atom is -0.463 e. The van der Waals surface area contributed by atoms with Crippen molar-refractivity contribution >= 4 is 11.9 Å². The van der Waals surface area contributed by atoms with Crippen LogP contribution < -0.4 is 5.32 Å². The number of hydrogen-bond donors (Lipinski definition) is 5. The maximum atomic E-state index is 12.2. The Morgan fingerprint density at radius 3 is 1.30 bits per heavy atom. The molecule has 0 aliphatic carbocycles. The van der Waals surface area contributed by atoms with Crippen molar-refractivity contribution in [2.75, 3.05) is 13.2 Å². The van der Waals surface area contributed by atoms with Crippen molar-refractivity contribution in [3.05, 3.63) is 0 Å². The fourth-order valence-electron chi connectivity index (χ4n) is 5.49. The van der Waals surface area contributed by atoms with Crippen molar-refractivity contribution in [1.29, 1.82) is 0 Å². The Labute approximate surface area is 270 Å². The molecule has 4 atom stereocenters. The van der Waals surface area contributed by atoms with E-state index < -0.39 is 42.9 Å². The molecule has 0 saturated heterocycles. The van der Waals surface area contributed by atoms with Crippen molar-refractivity contribution in [2.24, 2.45) is 0 Å². The lowest BCUT2D eigenvalue weighted by Gasteiger charge is -2.25. The van der Waals surface area contributed by atoms with E-state index in [1.807, 2.05) is 0 Å². The normalized spacial score (nSPS) is 14.2. The number of hydrogen-bond acceptors (Lipinski definition) is 7. The highest BCUT2D eigenvalue weighted by molar-refractivity contribution is 5.81. The van der Waals surface area contributed by atoms with Crippen LogP contribution in [0.2, 0.25) is 0 Å². The van der Waals surface area contributed by atoms with E-state index in [4.69, 9.17) is 4.74 Å². The summed E-state index contributed by atoms with van der Waals surface area (Å²) < 4.78 is 5.03. The standard InChI is InChI=1S/C36H71NO7/c1-3-5-7-9-11-13-15-17-18-20-22-24-26-28-32(39)44-30-31(38)33(40)34(41)35(42)36(43)37-29-27-25-23-21-19-16-14-12-10-8-6-4-2/h31,33-35,38,40-42H,3-30H2,1-2H3,(H,37,43). The summed E-state index contributed by atoms with van der Waals surface area (Å²) in [5.74, 6) is -1.28. The van der Waals surface area contributed by atoms with Gasteiger partial charge in [0.05, 0.1) is 0 Å². The first kappa shape index (κ1) is 42.8. The maximum Gasteiger partial charge on any atom is 0.305 e. The Bertz CT molecular complexity index is 648. The second-order valence-electron chi connectivity index (χ2n) is 12.8. The second-order valence-corrected chi connectivity index (χ2v) is 12.8. The number of carbonyl (C=O) groups is 2. The van der Waals surface area contributed by atoms with Crippen molar-refractivity contribution in [1.82, 2.24) is 5.32 Å². The van der Waals surface area contributed by atoms with Crippen molar-refractivity contribution in [3.8, 4) is 0 Å². The van der Waals surface area contributed by atoms with Gasteiger partial charge in [-0.2, -0.15) is 0 Å². The van der Waals surface area contributed by atoms with Gasteiger partial charge in [-0.1, -0.05) is 162 Å². The van der Waals surface area contributed by atoms with E-state index in [1.165, 1.54) is 122 Å². The van der Waals surface area contributed by atoms with Gasteiger partial charge in [-0.15, -0.1) is 0 Å². The molecule has 0 spiro atoms. The van der Waals surface area contributed by atoms with Gasteiger partial charge in [-0.3, -0.25) is 9.59 Å². The minimum absolute atomic E-state index is 0.229. The Morgan fingerprint density at radius 1 is 0.523 bits per heavy atom. The molecule has 0 fully saturated rings. The Hall–Kier alpha value is -1.22. The van der Waals surface area contributed by atoms with Gasteiger partial charge in [-0.25, -0.2) is 0 Å². The van der Waals surface area contributed by atoms with Crippen LogP contribution in [0.4, 0.5) is 0 Å². The maximum absolute atomic E-state index is 12.2. The average molecular weight is 630 g/mol. The summed E-state index contributed by atoms with van der Waals surface area (Å²) in [6, 6.07) is 0. The number of aliphatic hydroxyl groups excluding tert-OH is 4. The van der Waals surface area contributed by atoms with Gasteiger partial charge in [0.25, 0.3) is 5.91 Å². The fraction of sp³-hybridized carbons (Fsp3) is 0.944. The summed E-state index contributed by atoms with van der Waals surface area (Å²) in [7, 11) is 0. The zero-order chi connectivity index (χ0) is 32.7. The molecule has 44 heavy (non-hydrogen) atoms. The summed E-state index contributed by atoms with van der Waals surface area (Å²) in [6.07, 6.45) is 23.2. The first-order valence-electron chi connectivity index (χ1n) is 18.5. The molecule has 262 valence electrons. The van der Waals surface area contributed by atoms with E-state index in [0.29, 0.717) is 13.0 Å². The summed E-state index contributed by atoms with van der Waals surface area (Å²) in [6.45, 7) is 4.33. The molecule has 0 bridgehead atoms. The highest BCUT2D eigenvalue weighted by Crippen LogP contribution is 2.14. The molecular weight excluding hydrogens is 558 g/mol. The smallest absolute Gasteiger partial charge is 0.305 e. The first-order chi connectivity index (χ1) is 21.3. The molecular formula is C36H71NO7. The second kappa shape index (κ2) is 31.7. The van der Waals surface area contributed by atoms with E-state index in [0.717, 1.165) is 32.1 Å². The summed E-state index contributed by atoms with van der Waals surface area (Å²) >= 11 is 0. The van der Waals surface area contributed by atoms with Crippen LogP contribution in [0, 0.1) is 0 Å². The molecule has 1 amide bonds. The summed E-state index contributed by atoms with van der Waals surface area (Å²) in [5, 5.41) is 43.2. The summed E-state index contributed by atoms with van der Waals surface area (Å²) in [5.41, 5.74) is 0. The van der Waals surface area contributed by atoms with Crippen LogP contribution in [0.1, 0.15) is 181 Å². The predicted molar refractivity (Wildman–Crippen MR) is 179 cm³/mol. The van der Waals surface area contributed by atoms with Crippen LogP contribution in [0.25, 0.3) is 0 Å². The van der Waals surface area contributed by atoms with E-state index in [2.05, 4.69) is 19.2 Å². The lowest BCUT2D eigenvalue weighted by atomic mass is 10.0. The minimum atomic E-state index is -1.90. The van der Waals surface area contributed by atoms with Gasteiger partial charge >= 0.3 is 5.97 Å². The molecule has 0 aliphatic rings. The van der Waals surface area contributed by atoms with E-state index in [-0.39, 0.29) is 6.42 Å². The molecule has 0 aromatic heterocycles. The molecule has 0 rings (SSSR count). The Kier molecular flexibility index (Phi) is 30.9. The number of amides is 1. The zero-order valence-electron chi connectivity index (χ0n) is 28.6. The molecule has 8 nitrogen and oxygen atoms in total. The predicted octanol–water partition coefficient (Wildman–Crippen LogP) is 7.27. The lowest BCUT2D eigenvalue weighted by molar-refractivity contribution is -0.159. The first-order valence-corrected chi connectivity index (χ1v) is 18.5. The van der Waals surface area contributed by atoms with Crippen molar-refractivity contribution < 1.29 is 34.8 Å². The monoisotopic (exact) mass is 630 g/mol. The highest BCUT2D eigenvalue weighted by atomic mass is 16.5. The number of nitrogens with one attached hydrogen (secondary N) is 1. The number of rotatable bonds is 33. The van der Waals surface area contributed by atoms with E-state index >= 15 is 0 Å². The molecule has 0 saturated carbocycles. The van der Waals surface area contributed by atoms with Crippen LogP contribution >= 0.6 is 0 Å². The highest BCUT2D eigenvalue weighted by Gasteiger charge is 2.34. The van der Waals surface area contributed by atoms with Gasteiger partial charge in [0.1, 0.15) is 24.9 Å². The van der Waals surface area contributed by atoms with E-state index in [1.54, 1.807) is 0 Å². The van der Waals surface area contributed by atoms with Crippen LogP contribution in [0.15, 0.2) is 0 Å². The number of carbonyl (C=O) groups excluding carboxylic acids is 2. The topological polar surface area (TPSA) is 136 Å². The molecule has 0 heterocycles. The molecule has 0 radical (unpaired) electrons. The molecule has 0 aromatic carbocycles. The third kappa shape index (κ3) is 26.0.